The number of rotatable bonds is 1. The van der Waals surface area contributed by atoms with Gasteiger partial charge in [0.2, 0.25) is 0 Å². The molecule has 0 heterocycles. The van der Waals surface area contributed by atoms with Crippen LogP contribution in [0.15, 0.2) is 0 Å². The van der Waals surface area contributed by atoms with Gasteiger partial charge in [0.05, 0.1) is 5.92 Å². The Kier molecular flexibility index (Phi) is 8.96. The molecule has 120 valence electrons. The van der Waals surface area contributed by atoms with Crippen molar-refractivity contribution in [3.8, 4) is 0 Å². The molecule has 0 unspecified atom stereocenters. The maximum Gasteiger partial charge on any atom is 2.00 e. The Hall–Kier alpha value is 0.189. The summed E-state index contributed by atoms with van der Waals surface area (Å²) >= 11 is 0. The van der Waals surface area contributed by atoms with Gasteiger partial charge in [0.1, 0.15) is 6.29 Å². The molecule has 2 rings (SSSR count). The smallest absolute Gasteiger partial charge is 0.303 e. The summed E-state index contributed by atoms with van der Waals surface area (Å²) in [5.41, 5.74) is 0. The summed E-state index contributed by atoms with van der Waals surface area (Å²) in [7, 11) is 0. The Morgan fingerprint density at radius 3 is 0.773 bits per heavy atom. The van der Waals surface area contributed by atoms with Gasteiger partial charge in [-0.05, 0) is 53.3 Å². The van der Waals surface area contributed by atoms with Crippen molar-refractivity contribution >= 4 is 6.29 Å². The first-order chi connectivity index (χ1) is 9.64. The predicted octanol–water partition coefficient (Wildman–Crippen LogP) is 5.12. The Balaban J connectivity index is 0.000000385. The van der Waals surface area contributed by atoms with E-state index in [1.807, 2.05) is 13.8 Å². The second-order valence-corrected chi connectivity index (χ2v) is 6.16. The largest absolute Gasteiger partial charge is 2.00 e. The molecule has 0 N–H and O–H groups in total. The fourth-order valence-electron chi connectivity index (χ4n) is 2.83. The standard InChI is InChI=1S/C10H13O.C10H15.Fe/c1-6-7(2)9(4)10(5-11)8(6)3;1-6-7(2)9(4)10(5)8(6)3;/h5H,1-4H3;1-5H3;/q;;+2. The quantitative estimate of drug-likeness (QED) is 0.478. The molecule has 2 aliphatic rings. The van der Waals surface area contributed by atoms with Crippen molar-refractivity contribution in [1.29, 1.82) is 0 Å². The zero-order valence-electron chi connectivity index (χ0n) is 15.3. The van der Waals surface area contributed by atoms with E-state index in [-0.39, 0.29) is 17.1 Å². The molecule has 10 radical (unpaired) electrons. The summed E-state index contributed by atoms with van der Waals surface area (Å²) in [6.45, 7) is 19.1. The molecule has 0 aromatic heterocycles. The molecule has 2 aliphatic carbocycles. The van der Waals surface area contributed by atoms with Gasteiger partial charge < -0.3 is 4.79 Å². The maximum atomic E-state index is 10.6. The fourth-order valence-corrected chi connectivity index (χ4v) is 2.83. The van der Waals surface area contributed by atoms with Gasteiger partial charge in [-0.1, -0.05) is 62.3 Å². The summed E-state index contributed by atoms with van der Waals surface area (Å²) in [6.07, 6.45) is 0.949. The van der Waals surface area contributed by atoms with Crippen LogP contribution in [0.1, 0.15) is 62.3 Å². The second kappa shape index (κ2) is 8.88. The third kappa shape index (κ3) is 4.18. The van der Waals surface area contributed by atoms with E-state index in [1.54, 1.807) is 0 Å². The van der Waals surface area contributed by atoms with Crippen molar-refractivity contribution < 1.29 is 21.9 Å². The maximum absolute atomic E-state index is 10.6. The molecule has 0 aromatic carbocycles. The average molecular weight is 340 g/mol. The van der Waals surface area contributed by atoms with E-state index >= 15 is 0 Å². The zero-order chi connectivity index (χ0) is 16.5. The van der Waals surface area contributed by atoms with Gasteiger partial charge >= 0.3 is 17.1 Å². The van der Waals surface area contributed by atoms with Crippen LogP contribution in [0.5, 0.6) is 0 Å². The molecule has 0 amide bonds. The van der Waals surface area contributed by atoms with Crippen molar-refractivity contribution in [2.75, 3.05) is 0 Å². The molecule has 0 bridgehead atoms. The summed E-state index contributed by atoms with van der Waals surface area (Å²) in [6, 6.07) is 0. The molecule has 0 spiro atoms. The van der Waals surface area contributed by atoms with Crippen molar-refractivity contribution in [2.24, 2.45) is 0 Å². The van der Waals surface area contributed by atoms with Crippen LogP contribution in [0, 0.1) is 59.2 Å². The van der Waals surface area contributed by atoms with Crippen LogP contribution >= 0.6 is 0 Å². The molecule has 0 aliphatic heterocycles. The number of hydrogen-bond acceptors (Lipinski definition) is 1. The molecular weight excluding hydrogens is 312 g/mol. The van der Waals surface area contributed by atoms with E-state index in [2.05, 4.69) is 48.5 Å². The number of hydrogen-bond donors (Lipinski definition) is 0. The summed E-state index contributed by atoms with van der Waals surface area (Å²) < 4.78 is 0. The molecule has 0 atom stereocenters. The zero-order valence-corrected chi connectivity index (χ0v) is 16.4. The first-order valence-corrected chi connectivity index (χ1v) is 7.52. The number of carbonyl (C=O) groups is 1. The minimum absolute atomic E-state index is 0. The van der Waals surface area contributed by atoms with Gasteiger partial charge in [-0.15, -0.1) is 0 Å². The van der Waals surface area contributed by atoms with Gasteiger partial charge in [0.15, 0.2) is 0 Å². The number of carbonyl (C=O) groups excluding carboxylic acids is 1. The third-order valence-electron chi connectivity index (χ3n) is 5.43. The summed E-state index contributed by atoms with van der Waals surface area (Å²) in [5.74, 6) is 13.0. The SMILES string of the molecule is C[C]1[C](C)[C](C)[C](C)[C]1C.C[C]1[C](C)[C](C)[C](C=O)[C]1C.[Fe+2]. The predicted molar refractivity (Wildman–Crippen MR) is 89.6 cm³/mol. The molecule has 1 nitrogen and oxygen atoms in total. The second-order valence-electron chi connectivity index (χ2n) is 6.16. The van der Waals surface area contributed by atoms with Crippen LogP contribution in [-0.4, -0.2) is 6.29 Å². The van der Waals surface area contributed by atoms with E-state index < -0.39 is 0 Å². The average Bonchev–Trinajstić information content (AvgIpc) is 2.76. The summed E-state index contributed by atoms with van der Waals surface area (Å²) in [4.78, 5) is 10.6. The Morgan fingerprint density at radius 2 is 0.636 bits per heavy atom. The van der Waals surface area contributed by atoms with Crippen LogP contribution in [0.4, 0.5) is 0 Å². The third-order valence-corrected chi connectivity index (χ3v) is 5.43. The molecule has 22 heavy (non-hydrogen) atoms. The topological polar surface area (TPSA) is 17.1 Å². The van der Waals surface area contributed by atoms with Gasteiger partial charge in [0.25, 0.3) is 0 Å². The fraction of sp³-hybridized carbons (Fsp3) is 0.450. The molecule has 0 aromatic rings. The van der Waals surface area contributed by atoms with Gasteiger partial charge in [-0.3, -0.25) is 0 Å². The number of aldehydes is 1. The van der Waals surface area contributed by atoms with Crippen LogP contribution < -0.4 is 0 Å². The minimum atomic E-state index is 0. The van der Waals surface area contributed by atoms with E-state index in [9.17, 15) is 4.79 Å². The van der Waals surface area contributed by atoms with E-state index in [0.717, 1.165) is 24.0 Å². The van der Waals surface area contributed by atoms with E-state index in [0.29, 0.717) is 0 Å². The van der Waals surface area contributed by atoms with Crippen molar-refractivity contribution in [1.82, 2.24) is 0 Å². The normalized spacial score (nSPS) is 26.2. The first kappa shape index (κ1) is 22.2. The molecule has 2 fully saturated rings. The van der Waals surface area contributed by atoms with Crippen molar-refractivity contribution in [3.05, 3.63) is 59.2 Å². The van der Waals surface area contributed by atoms with Crippen LogP contribution in [0.25, 0.3) is 0 Å². The monoisotopic (exact) mass is 340 g/mol. The Labute approximate surface area is 149 Å². The summed E-state index contributed by atoms with van der Waals surface area (Å²) in [5, 5.41) is 0. The van der Waals surface area contributed by atoms with Crippen molar-refractivity contribution in [3.63, 3.8) is 0 Å². The molecule has 2 heteroatoms. The molecule has 0 saturated heterocycles. The van der Waals surface area contributed by atoms with E-state index in [1.165, 1.54) is 41.4 Å². The Morgan fingerprint density at radius 1 is 0.455 bits per heavy atom. The van der Waals surface area contributed by atoms with Gasteiger partial charge in [-0.2, -0.15) is 0 Å². The van der Waals surface area contributed by atoms with Gasteiger partial charge in [-0.25, -0.2) is 0 Å². The molecular formula is C20H28FeO+2. The van der Waals surface area contributed by atoms with Crippen LogP contribution in [0.2, 0.25) is 0 Å². The minimum Gasteiger partial charge on any atom is -0.303 e. The van der Waals surface area contributed by atoms with Crippen molar-refractivity contribution in [2.45, 2.75) is 62.3 Å². The molecule has 2 saturated carbocycles. The first-order valence-electron chi connectivity index (χ1n) is 7.52. The Bertz CT molecular complexity index is 284. The van der Waals surface area contributed by atoms with Crippen LogP contribution in [0.3, 0.4) is 0 Å². The van der Waals surface area contributed by atoms with Gasteiger partial charge in [0, 0.05) is 0 Å². The van der Waals surface area contributed by atoms with E-state index in [4.69, 9.17) is 0 Å². The van der Waals surface area contributed by atoms with Crippen LogP contribution in [-0.2, 0) is 21.9 Å².